The monoisotopic (exact) mass is 485 g/mol. The fraction of sp³-hybridized carbons (Fsp3) is 0.222. The second-order valence-corrected chi connectivity index (χ2v) is 8.69. The number of piperazine rings is 1. The number of rotatable bonds is 7. The number of aromatic nitrogens is 1. The molecule has 3 heterocycles. The molecule has 2 aromatic carbocycles. The number of hydrogen-bond acceptors (Lipinski definition) is 5. The van der Waals surface area contributed by atoms with E-state index in [-0.39, 0.29) is 30.8 Å². The minimum Gasteiger partial charge on any atom is -0.467 e. The molecule has 3 amide bonds. The molecule has 0 radical (unpaired) electrons. The van der Waals surface area contributed by atoms with Crippen LogP contribution in [0.3, 0.4) is 0 Å². The highest BCUT2D eigenvalue weighted by Gasteiger charge is 2.24. The van der Waals surface area contributed by atoms with Crippen molar-refractivity contribution in [3.05, 3.63) is 90.0 Å². The standard InChI is InChI=1S/C27H27N5O4/c33-25(30-23-10-4-2-8-21(23)26(34)28-17-20-7-5-15-36-20)18-31-11-13-32(14-12-31)27(35)24-16-19-6-1-3-9-22(19)29-24/h1-10,15-16,29H,11-14,17-18H2,(H,28,34)(H,30,33). The molecule has 5 rings (SSSR count). The smallest absolute Gasteiger partial charge is 0.270 e. The molecule has 4 aromatic rings. The third-order valence-electron chi connectivity index (χ3n) is 6.24. The second-order valence-electron chi connectivity index (χ2n) is 8.69. The highest BCUT2D eigenvalue weighted by atomic mass is 16.3. The molecule has 0 saturated carbocycles. The highest BCUT2D eigenvalue weighted by molar-refractivity contribution is 6.04. The van der Waals surface area contributed by atoms with E-state index in [1.807, 2.05) is 35.2 Å². The van der Waals surface area contributed by atoms with E-state index in [9.17, 15) is 14.4 Å². The number of carbonyl (C=O) groups is 3. The third kappa shape index (κ3) is 5.31. The van der Waals surface area contributed by atoms with Gasteiger partial charge in [0, 0.05) is 37.1 Å². The van der Waals surface area contributed by atoms with Gasteiger partial charge in [0.1, 0.15) is 11.5 Å². The largest absolute Gasteiger partial charge is 0.467 e. The van der Waals surface area contributed by atoms with Gasteiger partial charge in [0.15, 0.2) is 0 Å². The van der Waals surface area contributed by atoms with Gasteiger partial charge < -0.3 is 24.9 Å². The van der Waals surface area contributed by atoms with Crippen LogP contribution in [0.5, 0.6) is 0 Å². The first-order valence-electron chi connectivity index (χ1n) is 11.9. The predicted octanol–water partition coefficient (Wildman–Crippen LogP) is 3.09. The van der Waals surface area contributed by atoms with Crippen LogP contribution in [-0.2, 0) is 11.3 Å². The van der Waals surface area contributed by atoms with Gasteiger partial charge in [0.2, 0.25) is 5.91 Å². The van der Waals surface area contributed by atoms with Crippen LogP contribution in [0, 0.1) is 0 Å². The first kappa shape index (κ1) is 23.4. The Balaban J connectivity index is 1.13. The number of nitrogens with zero attached hydrogens (tertiary/aromatic N) is 2. The van der Waals surface area contributed by atoms with Gasteiger partial charge >= 0.3 is 0 Å². The van der Waals surface area contributed by atoms with Crippen LogP contribution in [0.15, 0.2) is 77.4 Å². The molecule has 184 valence electrons. The summed E-state index contributed by atoms with van der Waals surface area (Å²) in [5.41, 5.74) is 2.34. The Hall–Kier alpha value is -4.37. The van der Waals surface area contributed by atoms with Crippen molar-refractivity contribution in [3.63, 3.8) is 0 Å². The fourth-order valence-corrected chi connectivity index (χ4v) is 4.33. The van der Waals surface area contributed by atoms with Crippen molar-refractivity contribution in [2.24, 2.45) is 0 Å². The summed E-state index contributed by atoms with van der Waals surface area (Å²) in [6.45, 7) is 2.68. The lowest BCUT2D eigenvalue weighted by Crippen LogP contribution is -2.50. The van der Waals surface area contributed by atoms with E-state index < -0.39 is 0 Å². The molecule has 1 aliphatic rings. The summed E-state index contributed by atoms with van der Waals surface area (Å²) < 4.78 is 5.24. The molecule has 2 aromatic heterocycles. The van der Waals surface area contributed by atoms with Gasteiger partial charge in [0.25, 0.3) is 11.8 Å². The summed E-state index contributed by atoms with van der Waals surface area (Å²) in [7, 11) is 0. The molecular weight excluding hydrogens is 458 g/mol. The molecule has 0 aliphatic carbocycles. The Morgan fingerprint density at radius 1 is 0.917 bits per heavy atom. The summed E-state index contributed by atoms with van der Waals surface area (Å²) in [6.07, 6.45) is 1.55. The average Bonchev–Trinajstić information content (AvgIpc) is 3.57. The van der Waals surface area contributed by atoms with Crippen molar-refractivity contribution >= 4 is 34.3 Å². The average molecular weight is 486 g/mol. The minimum absolute atomic E-state index is 0.0372. The maximum atomic E-state index is 12.9. The number of carbonyl (C=O) groups excluding carboxylic acids is 3. The summed E-state index contributed by atoms with van der Waals surface area (Å²) >= 11 is 0. The second kappa shape index (κ2) is 10.5. The molecule has 0 spiro atoms. The Morgan fingerprint density at radius 2 is 1.69 bits per heavy atom. The topological polar surface area (TPSA) is 111 Å². The van der Waals surface area contributed by atoms with Crippen LogP contribution in [-0.4, -0.2) is 65.2 Å². The lowest BCUT2D eigenvalue weighted by atomic mass is 10.1. The number of amides is 3. The molecule has 0 atom stereocenters. The molecule has 1 fully saturated rings. The highest BCUT2D eigenvalue weighted by Crippen LogP contribution is 2.18. The van der Waals surface area contributed by atoms with Gasteiger partial charge in [-0.1, -0.05) is 30.3 Å². The van der Waals surface area contributed by atoms with Crippen molar-refractivity contribution in [2.75, 3.05) is 38.0 Å². The van der Waals surface area contributed by atoms with E-state index in [0.717, 1.165) is 10.9 Å². The van der Waals surface area contributed by atoms with Crippen molar-refractivity contribution in [1.82, 2.24) is 20.1 Å². The van der Waals surface area contributed by atoms with Gasteiger partial charge in [-0.25, -0.2) is 0 Å². The normalized spacial score (nSPS) is 14.1. The van der Waals surface area contributed by atoms with E-state index in [2.05, 4.69) is 15.6 Å². The van der Waals surface area contributed by atoms with E-state index in [4.69, 9.17) is 4.42 Å². The van der Waals surface area contributed by atoms with Crippen molar-refractivity contribution in [3.8, 4) is 0 Å². The molecule has 9 nitrogen and oxygen atoms in total. The zero-order valence-corrected chi connectivity index (χ0v) is 19.7. The van der Waals surface area contributed by atoms with Crippen molar-refractivity contribution in [2.45, 2.75) is 6.54 Å². The molecule has 0 unspecified atom stereocenters. The molecule has 1 aliphatic heterocycles. The van der Waals surface area contributed by atoms with E-state index in [1.165, 1.54) is 0 Å². The maximum absolute atomic E-state index is 12.9. The Kier molecular flexibility index (Phi) is 6.81. The molecular formula is C27H27N5O4. The number of anilines is 1. The van der Waals surface area contributed by atoms with Gasteiger partial charge in [-0.2, -0.15) is 0 Å². The lowest BCUT2D eigenvalue weighted by Gasteiger charge is -2.34. The van der Waals surface area contributed by atoms with Crippen molar-refractivity contribution < 1.29 is 18.8 Å². The Labute approximate surface area is 208 Å². The van der Waals surface area contributed by atoms with E-state index in [0.29, 0.717) is 48.9 Å². The van der Waals surface area contributed by atoms with Crippen LogP contribution in [0.25, 0.3) is 10.9 Å². The summed E-state index contributed by atoms with van der Waals surface area (Å²) in [4.78, 5) is 45.3. The molecule has 0 bridgehead atoms. The number of furan rings is 1. The third-order valence-corrected chi connectivity index (χ3v) is 6.24. The number of para-hydroxylation sites is 2. The van der Waals surface area contributed by atoms with Crippen molar-refractivity contribution in [1.29, 1.82) is 0 Å². The maximum Gasteiger partial charge on any atom is 0.270 e. The predicted molar refractivity (Wildman–Crippen MR) is 136 cm³/mol. The number of aromatic amines is 1. The number of hydrogen-bond donors (Lipinski definition) is 3. The van der Waals surface area contributed by atoms with Crippen LogP contribution in [0.1, 0.15) is 26.6 Å². The molecule has 1 saturated heterocycles. The summed E-state index contributed by atoms with van der Waals surface area (Å²) in [5.74, 6) is 0.0971. The number of H-pyrrole nitrogens is 1. The zero-order chi connectivity index (χ0) is 24.9. The first-order chi connectivity index (χ1) is 17.6. The number of benzene rings is 2. The van der Waals surface area contributed by atoms with Crippen LogP contribution < -0.4 is 10.6 Å². The van der Waals surface area contributed by atoms with Crippen LogP contribution >= 0.6 is 0 Å². The minimum atomic E-state index is -0.300. The van der Waals surface area contributed by atoms with Crippen LogP contribution in [0.2, 0.25) is 0 Å². The lowest BCUT2D eigenvalue weighted by molar-refractivity contribution is -0.117. The Morgan fingerprint density at radius 3 is 2.47 bits per heavy atom. The fourth-order valence-electron chi connectivity index (χ4n) is 4.33. The number of nitrogens with one attached hydrogen (secondary N) is 3. The summed E-state index contributed by atoms with van der Waals surface area (Å²) in [5, 5.41) is 6.66. The van der Waals surface area contributed by atoms with E-state index >= 15 is 0 Å². The molecule has 9 heteroatoms. The van der Waals surface area contributed by atoms with E-state index in [1.54, 1.807) is 47.6 Å². The van der Waals surface area contributed by atoms with Gasteiger partial charge in [-0.15, -0.1) is 0 Å². The SMILES string of the molecule is O=C(CN1CCN(C(=O)c2cc3ccccc3[nH]2)CC1)Nc1ccccc1C(=O)NCc1ccco1. The Bertz CT molecular complexity index is 1340. The quantitative estimate of drug-likeness (QED) is 0.373. The first-order valence-corrected chi connectivity index (χ1v) is 11.9. The van der Waals surface area contributed by atoms with Gasteiger partial charge in [0.05, 0.1) is 30.6 Å². The summed E-state index contributed by atoms with van der Waals surface area (Å²) in [6, 6.07) is 20.1. The van der Waals surface area contributed by atoms with Gasteiger partial charge in [-0.3, -0.25) is 19.3 Å². The van der Waals surface area contributed by atoms with Gasteiger partial charge in [-0.05, 0) is 36.4 Å². The number of fused-ring (bicyclic) bond motifs is 1. The molecule has 3 N–H and O–H groups in total. The van der Waals surface area contributed by atoms with Crippen LogP contribution in [0.4, 0.5) is 5.69 Å². The molecule has 36 heavy (non-hydrogen) atoms. The zero-order valence-electron chi connectivity index (χ0n) is 19.7.